The van der Waals surface area contributed by atoms with Crippen LogP contribution in [-0.2, 0) is 0 Å². The van der Waals surface area contributed by atoms with E-state index in [9.17, 15) is 0 Å². The van der Waals surface area contributed by atoms with Gasteiger partial charge in [0.2, 0.25) is 0 Å². The fraction of sp³-hybridized carbons (Fsp3) is 0.111. The number of nitriles is 1. The van der Waals surface area contributed by atoms with Crippen molar-refractivity contribution in [3.05, 3.63) is 48.5 Å². The van der Waals surface area contributed by atoms with Crippen molar-refractivity contribution in [3.8, 4) is 23.2 Å². The molecule has 0 spiro atoms. The average molecular weight is 347 g/mol. The van der Waals surface area contributed by atoms with Crippen LogP contribution in [0.25, 0.3) is 27.9 Å². The Kier molecular flexibility index (Phi) is 3.96. The number of nitrogens with zero attached hydrogens (tertiary/aromatic N) is 5. The lowest BCUT2D eigenvalue weighted by Crippen LogP contribution is -1.99. The summed E-state index contributed by atoms with van der Waals surface area (Å²) in [7, 11) is 1.64. The van der Waals surface area contributed by atoms with Crippen LogP contribution < -0.4 is 4.74 Å². The smallest absolute Gasteiger partial charge is 0.198 e. The van der Waals surface area contributed by atoms with Gasteiger partial charge in [-0.05, 0) is 36.4 Å². The minimum atomic E-state index is 0.301. The van der Waals surface area contributed by atoms with Crippen molar-refractivity contribution in [1.29, 1.82) is 5.26 Å². The van der Waals surface area contributed by atoms with Crippen LogP contribution in [0.5, 0.6) is 5.75 Å². The number of thioether (sulfide) groups is 1. The van der Waals surface area contributed by atoms with Gasteiger partial charge in [-0.3, -0.25) is 4.40 Å². The van der Waals surface area contributed by atoms with Crippen LogP contribution >= 0.6 is 11.8 Å². The van der Waals surface area contributed by atoms with E-state index in [1.807, 2.05) is 52.9 Å². The molecule has 0 saturated carbocycles. The van der Waals surface area contributed by atoms with E-state index < -0.39 is 0 Å². The molecule has 2 aromatic carbocycles. The molecule has 0 amide bonds. The first-order valence-corrected chi connectivity index (χ1v) is 8.58. The Morgan fingerprint density at radius 1 is 1.12 bits per heavy atom. The van der Waals surface area contributed by atoms with Crippen molar-refractivity contribution in [1.82, 2.24) is 19.6 Å². The zero-order valence-corrected chi connectivity index (χ0v) is 14.2. The van der Waals surface area contributed by atoms with Crippen LogP contribution in [-0.4, -0.2) is 32.4 Å². The van der Waals surface area contributed by atoms with E-state index in [2.05, 4.69) is 16.3 Å². The number of fused-ring (bicyclic) bond motifs is 3. The summed E-state index contributed by atoms with van der Waals surface area (Å²) < 4.78 is 7.14. The molecule has 6 nitrogen and oxygen atoms in total. The number of rotatable bonds is 4. The van der Waals surface area contributed by atoms with Gasteiger partial charge in [0.25, 0.3) is 0 Å². The number of hydrogen-bond donors (Lipinski definition) is 0. The fourth-order valence-electron chi connectivity index (χ4n) is 2.68. The van der Waals surface area contributed by atoms with Gasteiger partial charge in [-0.1, -0.05) is 23.9 Å². The summed E-state index contributed by atoms with van der Waals surface area (Å²) in [6.07, 6.45) is 0. The molecule has 122 valence electrons. The van der Waals surface area contributed by atoms with Crippen LogP contribution in [0, 0.1) is 11.3 Å². The van der Waals surface area contributed by atoms with Crippen molar-refractivity contribution in [3.63, 3.8) is 0 Å². The van der Waals surface area contributed by atoms with Gasteiger partial charge in [-0.2, -0.15) is 5.26 Å². The SMILES string of the molecule is COc1ccc(-c2nc3ccccc3c3nnc(SCC#N)n23)cc1. The monoisotopic (exact) mass is 347 g/mol. The van der Waals surface area contributed by atoms with Crippen molar-refractivity contribution < 1.29 is 4.74 Å². The zero-order valence-electron chi connectivity index (χ0n) is 13.4. The number of ether oxygens (including phenoxy) is 1. The topological polar surface area (TPSA) is 76.1 Å². The van der Waals surface area contributed by atoms with E-state index in [-0.39, 0.29) is 0 Å². The van der Waals surface area contributed by atoms with E-state index in [1.54, 1.807) is 7.11 Å². The third-order valence-electron chi connectivity index (χ3n) is 3.83. The second-order valence-electron chi connectivity index (χ2n) is 5.27. The summed E-state index contributed by atoms with van der Waals surface area (Å²) in [4.78, 5) is 4.82. The highest BCUT2D eigenvalue weighted by Gasteiger charge is 2.16. The predicted molar refractivity (Wildman–Crippen MR) is 96.6 cm³/mol. The molecule has 0 radical (unpaired) electrons. The maximum absolute atomic E-state index is 8.90. The van der Waals surface area contributed by atoms with E-state index >= 15 is 0 Å². The molecular formula is C18H13N5OS. The third-order valence-corrected chi connectivity index (χ3v) is 4.63. The predicted octanol–water partition coefficient (Wildman–Crippen LogP) is 3.57. The largest absolute Gasteiger partial charge is 0.497 e. The van der Waals surface area contributed by atoms with Gasteiger partial charge in [0.05, 0.1) is 24.4 Å². The minimum Gasteiger partial charge on any atom is -0.497 e. The van der Waals surface area contributed by atoms with E-state index in [1.165, 1.54) is 11.8 Å². The van der Waals surface area contributed by atoms with E-state index in [0.717, 1.165) is 33.7 Å². The van der Waals surface area contributed by atoms with Crippen LogP contribution in [0.1, 0.15) is 0 Å². The van der Waals surface area contributed by atoms with E-state index in [0.29, 0.717) is 10.9 Å². The molecule has 4 rings (SSSR count). The molecular weight excluding hydrogens is 334 g/mol. The molecule has 2 aromatic heterocycles. The Morgan fingerprint density at radius 2 is 1.92 bits per heavy atom. The quantitative estimate of drug-likeness (QED) is 0.525. The van der Waals surface area contributed by atoms with Crippen LogP contribution in [0.4, 0.5) is 0 Å². The molecule has 0 saturated heterocycles. The molecule has 0 N–H and O–H groups in total. The maximum Gasteiger partial charge on any atom is 0.198 e. The summed E-state index contributed by atoms with van der Waals surface area (Å²) in [5, 5.41) is 19.1. The van der Waals surface area contributed by atoms with E-state index in [4.69, 9.17) is 15.0 Å². The van der Waals surface area contributed by atoms with Gasteiger partial charge in [0, 0.05) is 10.9 Å². The first kappa shape index (κ1) is 15.4. The molecule has 0 bridgehead atoms. The lowest BCUT2D eigenvalue weighted by molar-refractivity contribution is 0.415. The minimum absolute atomic E-state index is 0.301. The molecule has 0 atom stereocenters. The molecule has 0 fully saturated rings. The Hall–Kier alpha value is -3.11. The molecule has 4 aromatic rings. The third kappa shape index (κ3) is 2.66. The molecule has 0 aliphatic heterocycles. The van der Waals surface area contributed by atoms with Crippen molar-refractivity contribution >= 4 is 28.3 Å². The summed E-state index contributed by atoms with van der Waals surface area (Å²) in [6, 6.07) is 17.7. The molecule has 0 unspecified atom stereocenters. The highest BCUT2D eigenvalue weighted by molar-refractivity contribution is 7.99. The highest BCUT2D eigenvalue weighted by atomic mass is 32.2. The summed E-state index contributed by atoms with van der Waals surface area (Å²) >= 11 is 1.35. The summed E-state index contributed by atoms with van der Waals surface area (Å²) in [6.45, 7) is 0. The van der Waals surface area contributed by atoms with Crippen LogP contribution in [0.3, 0.4) is 0 Å². The first-order valence-electron chi connectivity index (χ1n) is 7.60. The van der Waals surface area contributed by atoms with Crippen molar-refractivity contribution in [2.75, 3.05) is 12.9 Å². The van der Waals surface area contributed by atoms with Gasteiger partial charge in [-0.25, -0.2) is 4.98 Å². The summed E-state index contributed by atoms with van der Waals surface area (Å²) in [5.74, 6) is 1.82. The Morgan fingerprint density at radius 3 is 2.68 bits per heavy atom. The average Bonchev–Trinajstić information content (AvgIpc) is 3.10. The second kappa shape index (κ2) is 6.42. The van der Waals surface area contributed by atoms with Crippen LogP contribution in [0.2, 0.25) is 0 Å². The normalized spacial score (nSPS) is 10.9. The molecule has 7 heteroatoms. The lowest BCUT2D eigenvalue weighted by Gasteiger charge is -2.09. The molecule has 25 heavy (non-hydrogen) atoms. The number of para-hydroxylation sites is 1. The number of aromatic nitrogens is 4. The molecule has 2 heterocycles. The Bertz CT molecular complexity index is 1100. The Balaban J connectivity index is 2.01. The van der Waals surface area contributed by atoms with Gasteiger partial charge >= 0.3 is 0 Å². The Labute approximate surface area is 148 Å². The highest BCUT2D eigenvalue weighted by Crippen LogP contribution is 2.29. The standard InChI is InChI=1S/C18H13N5OS/c1-24-13-8-6-12(7-9-13)16-20-15-5-3-2-4-14(15)17-21-22-18(23(16)17)25-11-10-19/h2-9H,11H2,1H3. The number of methoxy groups -OCH3 is 1. The van der Waals surface area contributed by atoms with Crippen LogP contribution in [0.15, 0.2) is 53.7 Å². The van der Waals surface area contributed by atoms with Gasteiger partial charge < -0.3 is 4.74 Å². The second-order valence-corrected chi connectivity index (χ2v) is 6.21. The van der Waals surface area contributed by atoms with Gasteiger partial charge in [0.15, 0.2) is 10.8 Å². The first-order chi connectivity index (χ1) is 12.3. The maximum atomic E-state index is 8.90. The number of benzene rings is 2. The fourth-order valence-corrected chi connectivity index (χ4v) is 3.28. The lowest BCUT2D eigenvalue weighted by atomic mass is 10.1. The van der Waals surface area contributed by atoms with Gasteiger partial charge in [-0.15, -0.1) is 10.2 Å². The van der Waals surface area contributed by atoms with Crippen molar-refractivity contribution in [2.45, 2.75) is 5.16 Å². The number of hydrogen-bond acceptors (Lipinski definition) is 6. The summed E-state index contributed by atoms with van der Waals surface area (Å²) in [5.41, 5.74) is 2.51. The molecule has 0 aliphatic carbocycles. The molecule has 0 aliphatic rings. The van der Waals surface area contributed by atoms with Gasteiger partial charge in [0.1, 0.15) is 11.6 Å². The zero-order chi connectivity index (χ0) is 17.2. The van der Waals surface area contributed by atoms with Crippen molar-refractivity contribution in [2.24, 2.45) is 0 Å².